The molecule has 0 saturated heterocycles. The highest BCUT2D eigenvalue weighted by Gasteiger charge is 2.13. The van der Waals surface area contributed by atoms with Gasteiger partial charge in [0.25, 0.3) is 0 Å². The Morgan fingerprint density at radius 3 is 1.60 bits per heavy atom. The van der Waals surface area contributed by atoms with E-state index < -0.39 is 0 Å². The Bertz CT molecular complexity index is 592. The molecule has 0 amide bonds. The van der Waals surface area contributed by atoms with E-state index in [9.17, 15) is 13.6 Å². The molecule has 2 rings (SSSR count). The molecule has 3 heteroatoms. The first-order valence-corrected chi connectivity index (χ1v) is 6.68. The molecule has 0 N–H and O–H groups in total. The summed E-state index contributed by atoms with van der Waals surface area (Å²) >= 11 is 0. The van der Waals surface area contributed by atoms with Crippen molar-refractivity contribution in [2.24, 2.45) is 0 Å². The van der Waals surface area contributed by atoms with Gasteiger partial charge in [0, 0.05) is 11.1 Å². The van der Waals surface area contributed by atoms with Gasteiger partial charge >= 0.3 is 0 Å². The van der Waals surface area contributed by atoms with Crippen molar-refractivity contribution in [3.8, 4) is 0 Å². The maximum Gasteiger partial charge on any atom is 0.193 e. The van der Waals surface area contributed by atoms with Crippen LogP contribution >= 0.6 is 0 Å². The second-order valence-corrected chi connectivity index (χ2v) is 4.65. The van der Waals surface area contributed by atoms with Gasteiger partial charge in [-0.15, -0.1) is 0 Å². The van der Waals surface area contributed by atoms with Crippen LogP contribution in [0.5, 0.6) is 0 Å². The van der Waals surface area contributed by atoms with Crippen LogP contribution in [0, 0.1) is 11.6 Å². The van der Waals surface area contributed by atoms with Gasteiger partial charge in [0.1, 0.15) is 11.6 Å². The number of benzene rings is 2. The zero-order chi connectivity index (χ0) is 14.7. The molecule has 0 aromatic heterocycles. The van der Waals surface area contributed by atoms with E-state index in [0.717, 1.165) is 0 Å². The number of aryl methyl sites for hydroxylation is 2. The first-order valence-electron chi connectivity index (χ1n) is 6.68. The van der Waals surface area contributed by atoms with E-state index in [2.05, 4.69) is 0 Å². The minimum Gasteiger partial charge on any atom is -0.289 e. The van der Waals surface area contributed by atoms with Crippen LogP contribution in [0.4, 0.5) is 8.78 Å². The van der Waals surface area contributed by atoms with Gasteiger partial charge < -0.3 is 0 Å². The zero-order valence-electron chi connectivity index (χ0n) is 11.5. The van der Waals surface area contributed by atoms with Crippen LogP contribution in [0.1, 0.15) is 40.9 Å². The van der Waals surface area contributed by atoms with Crippen molar-refractivity contribution in [3.63, 3.8) is 0 Å². The summed E-state index contributed by atoms with van der Waals surface area (Å²) in [4.78, 5) is 12.4. The average molecular weight is 274 g/mol. The van der Waals surface area contributed by atoms with Crippen LogP contribution < -0.4 is 0 Å². The van der Waals surface area contributed by atoms with Gasteiger partial charge in [0.15, 0.2) is 5.78 Å². The maximum atomic E-state index is 13.4. The van der Waals surface area contributed by atoms with Crippen molar-refractivity contribution in [3.05, 3.63) is 70.3 Å². The normalized spacial score (nSPS) is 10.6. The fraction of sp³-hybridized carbons (Fsp3) is 0.235. The van der Waals surface area contributed by atoms with Crippen molar-refractivity contribution >= 4 is 5.78 Å². The van der Waals surface area contributed by atoms with E-state index in [1.807, 2.05) is 13.8 Å². The van der Waals surface area contributed by atoms with Crippen LogP contribution in [0.3, 0.4) is 0 Å². The molecule has 2 aromatic carbocycles. The molecule has 20 heavy (non-hydrogen) atoms. The third kappa shape index (κ3) is 2.77. The Labute approximate surface area is 117 Å². The largest absolute Gasteiger partial charge is 0.289 e. The van der Waals surface area contributed by atoms with Crippen LogP contribution in [0.15, 0.2) is 36.4 Å². The predicted molar refractivity (Wildman–Crippen MR) is 75.0 cm³/mol. The Balaban J connectivity index is 2.41. The lowest BCUT2D eigenvalue weighted by atomic mass is 9.98. The van der Waals surface area contributed by atoms with E-state index in [-0.39, 0.29) is 17.4 Å². The third-order valence-corrected chi connectivity index (χ3v) is 3.38. The van der Waals surface area contributed by atoms with Crippen molar-refractivity contribution in [2.45, 2.75) is 26.7 Å². The average Bonchev–Trinajstić information content (AvgIpc) is 2.47. The maximum absolute atomic E-state index is 13.4. The predicted octanol–water partition coefficient (Wildman–Crippen LogP) is 4.32. The van der Waals surface area contributed by atoms with E-state index >= 15 is 0 Å². The molecule has 1 nitrogen and oxygen atoms in total. The quantitative estimate of drug-likeness (QED) is 0.759. The number of carbonyl (C=O) groups excluding carboxylic acids is 1. The van der Waals surface area contributed by atoms with Gasteiger partial charge in [-0.05, 0) is 60.4 Å². The van der Waals surface area contributed by atoms with Crippen molar-refractivity contribution in [1.29, 1.82) is 0 Å². The molecule has 0 bridgehead atoms. The second kappa shape index (κ2) is 5.95. The molecule has 104 valence electrons. The zero-order valence-corrected chi connectivity index (χ0v) is 11.5. The molecule has 0 atom stereocenters. The van der Waals surface area contributed by atoms with Gasteiger partial charge in [-0.2, -0.15) is 0 Å². The summed E-state index contributed by atoms with van der Waals surface area (Å²) in [7, 11) is 0. The summed E-state index contributed by atoms with van der Waals surface area (Å²) < 4.78 is 26.9. The number of rotatable bonds is 4. The first kappa shape index (κ1) is 14.4. The van der Waals surface area contributed by atoms with Gasteiger partial charge in [0.05, 0.1) is 0 Å². The summed E-state index contributed by atoms with van der Waals surface area (Å²) in [5.41, 5.74) is 1.87. The first-order chi connectivity index (χ1) is 9.56. The summed E-state index contributed by atoms with van der Waals surface area (Å²) in [5.74, 6) is -0.829. The lowest BCUT2D eigenvalue weighted by Gasteiger charge is -2.07. The van der Waals surface area contributed by atoms with Gasteiger partial charge in [-0.3, -0.25) is 4.79 Å². The number of hydrogen-bond acceptors (Lipinski definition) is 1. The Morgan fingerprint density at radius 1 is 0.850 bits per heavy atom. The highest BCUT2D eigenvalue weighted by molar-refractivity contribution is 6.09. The highest BCUT2D eigenvalue weighted by atomic mass is 19.1. The topological polar surface area (TPSA) is 17.1 Å². The minimum atomic E-state index is -0.308. The summed E-state index contributed by atoms with van der Waals surface area (Å²) in [6, 6.07) is 8.66. The van der Waals surface area contributed by atoms with Gasteiger partial charge in [0.2, 0.25) is 0 Å². The minimum absolute atomic E-state index is 0.214. The van der Waals surface area contributed by atoms with Crippen LogP contribution in [-0.2, 0) is 12.8 Å². The smallest absolute Gasteiger partial charge is 0.193 e. The van der Waals surface area contributed by atoms with Crippen LogP contribution in [0.2, 0.25) is 0 Å². The van der Waals surface area contributed by atoms with Gasteiger partial charge in [-0.1, -0.05) is 13.8 Å². The molecule has 0 spiro atoms. The summed E-state index contributed by atoms with van der Waals surface area (Å²) in [5, 5.41) is 0. The lowest BCUT2D eigenvalue weighted by Crippen LogP contribution is -2.04. The summed E-state index contributed by atoms with van der Waals surface area (Å²) in [6.07, 6.45) is 1.05. The molecule has 0 aliphatic rings. The molecule has 0 saturated carbocycles. The van der Waals surface area contributed by atoms with E-state index in [0.29, 0.717) is 35.1 Å². The van der Waals surface area contributed by atoms with Crippen molar-refractivity contribution in [1.82, 2.24) is 0 Å². The highest BCUT2D eigenvalue weighted by Crippen LogP contribution is 2.18. The standard InChI is InChI=1S/C17H16F2O/c1-3-11-9-13(5-7-15(11)18)17(20)14-6-8-16(19)12(4-2)10-14/h5-10H,3-4H2,1-2H3. The molecule has 0 heterocycles. The molecule has 0 radical (unpaired) electrons. The van der Waals surface area contributed by atoms with Crippen LogP contribution in [-0.4, -0.2) is 5.78 Å². The lowest BCUT2D eigenvalue weighted by molar-refractivity contribution is 0.103. The molecular formula is C17H16F2O. The van der Waals surface area contributed by atoms with Crippen molar-refractivity contribution in [2.75, 3.05) is 0 Å². The number of ketones is 1. The fourth-order valence-corrected chi connectivity index (χ4v) is 2.14. The molecule has 0 fully saturated rings. The van der Waals surface area contributed by atoms with E-state index in [1.165, 1.54) is 24.3 Å². The second-order valence-electron chi connectivity index (χ2n) is 4.65. The Hall–Kier alpha value is -2.03. The molecule has 0 unspecified atom stereocenters. The number of halogens is 2. The fourth-order valence-electron chi connectivity index (χ4n) is 2.14. The Kier molecular flexibility index (Phi) is 4.28. The van der Waals surface area contributed by atoms with E-state index in [1.54, 1.807) is 12.1 Å². The molecular weight excluding hydrogens is 258 g/mol. The number of hydrogen-bond donors (Lipinski definition) is 0. The SMILES string of the molecule is CCc1cc(C(=O)c2ccc(F)c(CC)c2)ccc1F. The van der Waals surface area contributed by atoms with Gasteiger partial charge in [-0.25, -0.2) is 8.78 Å². The third-order valence-electron chi connectivity index (χ3n) is 3.38. The number of carbonyl (C=O) groups is 1. The molecule has 2 aromatic rings. The Morgan fingerprint density at radius 2 is 1.25 bits per heavy atom. The van der Waals surface area contributed by atoms with Crippen molar-refractivity contribution < 1.29 is 13.6 Å². The van der Waals surface area contributed by atoms with E-state index in [4.69, 9.17) is 0 Å². The molecule has 0 aliphatic carbocycles. The summed E-state index contributed by atoms with van der Waals surface area (Å²) in [6.45, 7) is 3.67. The molecule has 0 aliphatic heterocycles. The van der Waals surface area contributed by atoms with Crippen LogP contribution in [0.25, 0.3) is 0 Å². The monoisotopic (exact) mass is 274 g/mol.